The molecule has 1 saturated heterocycles. The number of carbonyl (C=O) groups is 1. The van der Waals surface area contributed by atoms with Crippen molar-refractivity contribution in [2.45, 2.75) is 0 Å². The van der Waals surface area contributed by atoms with Gasteiger partial charge in [-0.15, -0.1) is 0 Å². The highest BCUT2D eigenvalue weighted by atomic mass is 127. The summed E-state index contributed by atoms with van der Waals surface area (Å²) < 4.78 is 1.19. The summed E-state index contributed by atoms with van der Waals surface area (Å²) in [6.45, 7) is 2.25. The Morgan fingerprint density at radius 3 is 2.47 bits per heavy atom. The van der Waals surface area contributed by atoms with Gasteiger partial charge >= 0.3 is 0 Å². The molecule has 1 fully saturated rings. The van der Waals surface area contributed by atoms with Crippen molar-refractivity contribution < 1.29 is 4.79 Å². The van der Waals surface area contributed by atoms with Gasteiger partial charge in [-0.25, -0.2) is 0 Å². The minimum atomic E-state index is 0.185. The number of amides is 1. The predicted octanol–water partition coefficient (Wildman–Crippen LogP) is 1.57. The number of halogens is 1. The summed E-state index contributed by atoms with van der Waals surface area (Å²) in [6, 6.07) is 8.07. The van der Waals surface area contributed by atoms with E-state index in [0.717, 1.165) is 18.8 Å². The Morgan fingerprint density at radius 1 is 1.20 bits per heavy atom. The van der Waals surface area contributed by atoms with Crippen LogP contribution in [0.5, 0.6) is 0 Å². The summed E-state index contributed by atoms with van der Waals surface area (Å²) in [5, 5.41) is 0. The average Bonchev–Trinajstić information content (AvgIpc) is 2.20. The molecule has 1 amide bonds. The normalized spacial score (nSPS) is 18.3. The van der Waals surface area contributed by atoms with Crippen LogP contribution in [-0.2, 0) is 4.79 Å². The van der Waals surface area contributed by atoms with Crippen molar-refractivity contribution >= 4 is 34.2 Å². The molecule has 0 unspecified atom stereocenters. The zero-order chi connectivity index (χ0) is 10.8. The summed E-state index contributed by atoms with van der Waals surface area (Å²) in [5.74, 6) is 0.185. The SMILES string of the molecule is CN1CCN(c2ccc(I)cc2)C(=O)C1. The van der Waals surface area contributed by atoms with Gasteiger partial charge in [-0.1, -0.05) is 0 Å². The number of likely N-dealkylation sites (N-methyl/N-ethyl adjacent to an activating group) is 1. The van der Waals surface area contributed by atoms with Crippen LogP contribution in [-0.4, -0.2) is 37.5 Å². The van der Waals surface area contributed by atoms with E-state index in [4.69, 9.17) is 0 Å². The second kappa shape index (κ2) is 4.49. The Labute approximate surface area is 103 Å². The van der Waals surface area contributed by atoms with Crippen LogP contribution in [0.2, 0.25) is 0 Å². The molecule has 15 heavy (non-hydrogen) atoms. The summed E-state index contributed by atoms with van der Waals surface area (Å²) in [6.07, 6.45) is 0. The van der Waals surface area contributed by atoms with Gasteiger partial charge in [0.2, 0.25) is 5.91 Å². The lowest BCUT2D eigenvalue weighted by Crippen LogP contribution is -2.48. The number of carbonyl (C=O) groups excluding carboxylic acids is 1. The number of benzene rings is 1. The first-order valence-electron chi connectivity index (χ1n) is 4.91. The number of nitrogens with zero attached hydrogens (tertiary/aromatic N) is 2. The van der Waals surface area contributed by atoms with Gasteiger partial charge in [0.25, 0.3) is 0 Å². The molecule has 4 heteroatoms. The van der Waals surface area contributed by atoms with Crippen molar-refractivity contribution in [2.75, 3.05) is 31.6 Å². The van der Waals surface area contributed by atoms with Gasteiger partial charge in [-0.2, -0.15) is 0 Å². The van der Waals surface area contributed by atoms with Gasteiger partial charge in [0, 0.05) is 22.3 Å². The molecule has 0 radical (unpaired) electrons. The molecular formula is C11H13IN2O. The fourth-order valence-electron chi connectivity index (χ4n) is 1.68. The summed E-state index contributed by atoms with van der Waals surface area (Å²) in [4.78, 5) is 15.7. The maximum absolute atomic E-state index is 11.8. The first kappa shape index (κ1) is 10.9. The molecule has 80 valence electrons. The van der Waals surface area contributed by atoms with Gasteiger partial charge in [-0.3, -0.25) is 9.69 Å². The second-order valence-corrected chi connectivity index (χ2v) is 5.01. The lowest BCUT2D eigenvalue weighted by molar-refractivity contribution is -0.120. The van der Waals surface area contributed by atoms with Crippen molar-refractivity contribution in [2.24, 2.45) is 0 Å². The first-order valence-corrected chi connectivity index (χ1v) is 5.99. The monoisotopic (exact) mass is 316 g/mol. The third kappa shape index (κ3) is 2.49. The molecule has 2 rings (SSSR count). The Morgan fingerprint density at radius 2 is 1.87 bits per heavy atom. The van der Waals surface area contributed by atoms with Crippen LogP contribution in [0.1, 0.15) is 0 Å². The fourth-order valence-corrected chi connectivity index (χ4v) is 2.04. The van der Waals surface area contributed by atoms with E-state index in [0.29, 0.717) is 6.54 Å². The highest BCUT2D eigenvalue weighted by molar-refractivity contribution is 14.1. The number of hydrogen-bond donors (Lipinski definition) is 0. The zero-order valence-electron chi connectivity index (χ0n) is 8.61. The molecule has 1 aliphatic rings. The molecule has 0 aliphatic carbocycles. The second-order valence-electron chi connectivity index (χ2n) is 3.76. The van der Waals surface area contributed by atoms with E-state index in [1.165, 1.54) is 3.57 Å². The van der Waals surface area contributed by atoms with E-state index in [2.05, 4.69) is 22.6 Å². The smallest absolute Gasteiger partial charge is 0.241 e. The van der Waals surface area contributed by atoms with Gasteiger partial charge in [0.15, 0.2) is 0 Å². The van der Waals surface area contributed by atoms with E-state index < -0.39 is 0 Å². The molecule has 0 spiro atoms. The van der Waals surface area contributed by atoms with Gasteiger partial charge in [0.1, 0.15) is 0 Å². The highest BCUT2D eigenvalue weighted by Gasteiger charge is 2.22. The third-order valence-corrected chi connectivity index (χ3v) is 3.27. The van der Waals surface area contributed by atoms with Crippen LogP contribution in [0.25, 0.3) is 0 Å². The molecule has 1 aromatic carbocycles. The Hall–Kier alpha value is -0.620. The lowest BCUT2D eigenvalue weighted by Gasteiger charge is -2.32. The van der Waals surface area contributed by atoms with E-state index in [-0.39, 0.29) is 5.91 Å². The maximum Gasteiger partial charge on any atom is 0.241 e. The van der Waals surface area contributed by atoms with E-state index in [1.54, 1.807) is 0 Å². The number of hydrogen-bond acceptors (Lipinski definition) is 2. The summed E-state index contributed by atoms with van der Waals surface area (Å²) in [5.41, 5.74) is 1.01. The van der Waals surface area contributed by atoms with Crippen LogP contribution in [0.3, 0.4) is 0 Å². The van der Waals surface area contributed by atoms with Crippen molar-refractivity contribution in [1.29, 1.82) is 0 Å². The van der Waals surface area contributed by atoms with Crippen LogP contribution in [0.15, 0.2) is 24.3 Å². The Bertz CT molecular complexity index is 363. The number of anilines is 1. The van der Waals surface area contributed by atoms with E-state index in [9.17, 15) is 4.79 Å². The van der Waals surface area contributed by atoms with E-state index in [1.807, 2.05) is 41.1 Å². The minimum absolute atomic E-state index is 0.185. The van der Waals surface area contributed by atoms with Gasteiger partial charge < -0.3 is 4.90 Å². The Kier molecular flexibility index (Phi) is 3.25. The molecule has 1 heterocycles. The summed E-state index contributed by atoms with van der Waals surface area (Å²) >= 11 is 2.26. The lowest BCUT2D eigenvalue weighted by atomic mass is 10.2. The highest BCUT2D eigenvalue weighted by Crippen LogP contribution is 2.18. The molecule has 0 N–H and O–H groups in total. The summed E-state index contributed by atoms with van der Waals surface area (Å²) in [7, 11) is 1.98. The van der Waals surface area contributed by atoms with Crippen LogP contribution in [0, 0.1) is 3.57 Å². The molecule has 0 saturated carbocycles. The van der Waals surface area contributed by atoms with Crippen LogP contribution in [0.4, 0.5) is 5.69 Å². The molecular weight excluding hydrogens is 303 g/mol. The molecule has 0 bridgehead atoms. The molecule has 1 aliphatic heterocycles. The number of piperazine rings is 1. The largest absolute Gasteiger partial charge is 0.310 e. The van der Waals surface area contributed by atoms with Crippen molar-refractivity contribution in [1.82, 2.24) is 4.90 Å². The Balaban J connectivity index is 2.17. The standard InChI is InChI=1S/C11H13IN2O/c1-13-6-7-14(11(15)8-13)10-4-2-9(12)3-5-10/h2-5H,6-8H2,1H3. The van der Waals surface area contributed by atoms with Crippen molar-refractivity contribution in [3.8, 4) is 0 Å². The predicted molar refractivity (Wildman–Crippen MR) is 69.0 cm³/mol. The maximum atomic E-state index is 11.8. The average molecular weight is 316 g/mol. The molecule has 1 aromatic rings. The van der Waals surface area contributed by atoms with Crippen LogP contribution >= 0.6 is 22.6 Å². The quantitative estimate of drug-likeness (QED) is 0.734. The molecule has 3 nitrogen and oxygen atoms in total. The van der Waals surface area contributed by atoms with Crippen molar-refractivity contribution in [3.63, 3.8) is 0 Å². The third-order valence-electron chi connectivity index (χ3n) is 2.55. The number of rotatable bonds is 1. The van der Waals surface area contributed by atoms with Gasteiger partial charge in [-0.05, 0) is 53.9 Å². The minimum Gasteiger partial charge on any atom is -0.310 e. The van der Waals surface area contributed by atoms with Crippen molar-refractivity contribution in [3.05, 3.63) is 27.8 Å². The van der Waals surface area contributed by atoms with E-state index >= 15 is 0 Å². The molecule has 0 atom stereocenters. The zero-order valence-corrected chi connectivity index (χ0v) is 10.8. The molecule has 0 aromatic heterocycles. The fraction of sp³-hybridized carbons (Fsp3) is 0.364. The topological polar surface area (TPSA) is 23.6 Å². The first-order chi connectivity index (χ1) is 7.16. The van der Waals surface area contributed by atoms with Gasteiger partial charge in [0.05, 0.1) is 6.54 Å². The van der Waals surface area contributed by atoms with Crippen LogP contribution < -0.4 is 4.90 Å².